The van der Waals surface area contributed by atoms with Gasteiger partial charge < -0.3 is 0 Å². The summed E-state index contributed by atoms with van der Waals surface area (Å²) >= 11 is 1.77. The van der Waals surface area contributed by atoms with Gasteiger partial charge in [0.1, 0.15) is 5.01 Å². The van der Waals surface area contributed by atoms with Crippen molar-refractivity contribution in [2.24, 2.45) is 0 Å². The molecule has 2 aliphatic heterocycles. The summed E-state index contributed by atoms with van der Waals surface area (Å²) in [6.07, 6.45) is 5.50. The van der Waals surface area contributed by atoms with E-state index in [9.17, 15) is 4.79 Å². The van der Waals surface area contributed by atoms with Crippen LogP contribution in [0.2, 0.25) is 0 Å². The molecule has 6 heteroatoms. The van der Waals surface area contributed by atoms with Crippen LogP contribution in [-0.2, 0) is 16.2 Å². The van der Waals surface area contributed by atoms with Gasteiger partial charge in [-0.3, -0.25) is 14.5 Å². The maximum absolute atomic E-state index is 12.0. The smallest absolute Gasteiger partial charge is 0.246 e. The van der Waals surface area contributed by atoms with Crippen LogP contribution in [-0.4, -0.2) is 46.6 Å². The summed E-state index contributed by atoms with van der Waals surface area (Å²) in [5.74, 6) is 0.130. The standard InChI is InChI=1S/C19H23N3O2S/c1-24-22-17(23)7-8-19(22)9-11-21(12-10-19)14-16-13-20-18(25-16)15-5-3-2-4-6-15/h2-6,13H,7-12,14H2,1H3. The second-order valence-electron chi connectivity index (χ2n) is 6.87. The molecular formula is C19H23N3O2S. The first-order chi connectivity index (χ1) is 12.2. The van der Waals surface area contributed by atoms with Crippen LogP contribution in [0.5, 0.6) is 0 Å². The van der Waals surface area contributed by atoms with E-state index in [0.29, 0.717) is 6.42 Å². The van der Waals surface area contributed by atoms with E-state index in [1.165, 1.54) is 10.4 Å². The third kappa shape index (κ3) is 3.21. The average molecular weight is 357 g/mol. The Morgan fingerprint density at radius 2 is 1.96 bits per heavy atom. The topological polar surface area (TPSA) is 45.7 Å². The molecule has 132 valence electrons. The van der Waals surface area contributed by atoms with Crippen molar-refractivity contribution in [3.8, 4) is 10.6 Å². The molecule has 3 heterocycles. The lowest BCUT2D eigenvalue weighted by Crippen LogP contribution is -2.52. The van der Waals surface area contributed by atoms with Crippen molar-refractivity contribution in [2.75, 3.05) is 20.2 Å². The van der Waals surface area contributed by atoms with Crippen LogP contribution in [0.25, 0.3) is 10.6 Å². The van der Waals surface area contributed by atoms with Gasteiger partial charge in [-0.2, -0.15) is 0 Å². The Morgan fingerprint density at radius 1 is 1.20 bits per heavy atom. The number of hydrogen-bond acceptors (Lipinski definition) is 5. The van der Waals surface area contributed by atoms with Crippen LogP contribution < -0.4 is 0 Å². The Morgan fingerprint density at radius 3 is 2.68 bits per heavy atom. The summed E-state index contributed by atoms with van der Waals surface area (Å²) < 4.78 is 0. The zero-order valence-corrected chi connectivity index (χ0v) is 15.3. The molecule has 2 aliphatic rings. The molecule has 25 heavy (non-hydrogen) atoms. The summed E-state index contributed by atoms with van der Waals surface area (Å²) in [4.78, 5) is 25.7. The highest BCUT2D eigenvalue weighted by atomic mass is 32.1. The number of aromatic nitrogens is 1. The van der Waals surface area contributed by atoms with E-state index in [1.807, 2.05) is 24.4 Å². The number of amides is 1. The fourth-order valence-electron chi connectivity index (χ4n) is 4.00. The molecule has 1 amide bonds. The van der Waals surface area contributed by atoms with Crippen molar-refractivity contribution in [3.63, 3.8) is 0 Å². The van der Waals surface area contributed by atoms with Crippen LogP contribution in [0.4, 0.5) is 0 Å². The van der Waals surface area contributed by atoms with Crippen molar-refractivity contribution in [1.29, 1.82) is 0 Å². The van der Waals surface area contributed by atoms with Gasteiger partial charge in [-0.05, 0) is 19.3 Å². The predicted molar refractivity (Wildman–Crippen MR) is 97.9 cm³/mol. The average Bonchev–Trinajstić information content (AvgIpc) is 3.23. The highest BCUT2D eigenvalue weighted by molar-refractivity contribution is 7.15. The number of hydroxylamine groups is 2. The molecule has 0 unspecified atom stereocenters. The minimum absolute atomic E-state index is 0.0781. The Balaban J connectivity index is 1.38. The lowest BCUT2D eigenvalue weighted by molar-refractivity contribution is -0.202. The first-order valence-electron chi connectivity index (χ1n) is 8.80. The van der Waals surface area contributed by atoms with Gasteiger partial charge in [-0.25, -0.2) is 10.0 Å². The van der Waals surface area contributed by atoms with Crippen LogP contribution in [0.3, 0.4) is 0 Å². The summed E-state index contributed by atoms with van der Waals surface area (Å²) in [6.45, 7) is 2.92. The Hall–Kier alpha value is -1.76. The van der Waals surface area contributed by atoms with E-state index in [2.05, 4.69) is 22.0 Å². The van der Waals surface area contributed by atoms with Gasteiger partial charge in [0.05, 0.1) is 12.6 Å². The van der Waals surface area contributed by atoms with E-state index in [1.54, 1.807) is 23.5 Å². The molecule has 1 aromatic carbocycles. The zero-order chi connectivity index (χ0) is 17.3. The van der Waals surface area contributed by atoms with Gasteiger partial charge in [0.15, 0.2) is 0 Å². The predicted octanol–water partition coefficient (Wildman–Crippen LogP) is 3.33. The van der Waals surface area contributed by atoms with Crippen LogP contribution >= 0.6 is 11.3 Å². The summed E-state index contributed by atoms with van der Waals surface area (Å²) in [7, 11) is 1.61. The van der Waals surface area contributed by atoms with E-state index in [-0.39, 0.29) is 11.4 Å². The number of thiazole rings is 1. The maximum atomic E-state index is 12.0. The number of carbonyl (C=O) groups excluding carboxylic acids is 1. The number of hydrogen-bond donors (Lipinski definition) is 0. The van der Waals surface area contributed by atoms with E-state index >= 15 is 0 Å². The van der Waals surface area contributed by atoms with Crippen LogP contribution in [0.15, 0.2) is 36.5 Å². The van der Waals surface area contributed by atoms with E-state index < -0.39 is 0 Å². The highest BCUT2D eigenvalue weighted by Gasteiger charge is 2.47. The van der Waals surface area contributed by atoms with Gasteiger partial charge in [0, 0.05) is 42.7 Å². The molecule has 1 aromatic heterocycles. The first kappa shape index (κ1) is 16.7. The van der Waals surface area contributed by atoms with Crippen LogP contribution in [0, 0.1) is 0 Å². The fourth-order valence-corrected chi connectivity index (χ4v) is 4.96. The zero-order valence-electron chi connectivity index (χ0n) is 14.5. The lowest BCUT2D eigenvalue weighted by Gasteiger charge is -2.43. The number of nitrogens with zero attached hydrogens (tertiary/aromatic N) is 3. The maximum Gasteiger partial charge on any atom is 0.246 e. The molecule has 0 atom stereocenters. The SMILES string of the molecule is CON1C(=O)CCC12CCN(Cc1cnc(-c3ccccc3)s1)CC2. The van der Waals surface area contributed by atoms with Gasteiger partial charge in [0.2, 0.25) is 5.91 Å². The number of benzene rings is 1. The fraction of sp³-hybridized carbons (Fsp3) is 0.474. The second kappa shape index (κ2) is 6.86. The van der Waals surface area contributed by atoms with Crippen molar-refractivity contribution >= 4 is 17.2 Å². The molecular weight excluding hydrogens is 334 g/mol. The molecule has 2 fully saturated rings. The quantitative estimate of drug-likeness (QED) is 0.842. The highest BCUT2D eigenvalue weighted by Crippen LogP contribution is 2.39. The van der Waals surface area contributed by atoms with Gasteiger partial charge in [0.25, 0.3) is 0 Å². The minimum Gasteiger partial charge on any atom is -0.298 e. The number of likely N-dealkylation sites (tertiary alicyclic amines) is 1. The molecule has 0 radical (unpaired) electrons. The number of piperidine rings is 1. The molecule has 5 nitrogen and oxygen atoms in total. The Bertz CT molecular complexity index is 738. The molecule has 1 spiro atoms. The molecule has 0 saturated carbocycles. The largest absolute Gasteiger partial charge is 0.298 e. The van der Waals surface area contributed by atoms with Crippen molar-refractivity contribution in [3.05, 3.63) is 41.4 Å². The van der Waals surface area contributed by atoms with Gasteiger partial charge in [-0.1, -0.05) is 30.3 Å². The molecule has 4 rings (SSSR count). The van der Waals surface area contributed by atoms with Crippen molar-refractivity contribution in [2.45, 2.75) is 37.8 Å². The molecule has 2 aromatic rings. The third-order valence-corrected chi connectivity index (χ3v) is 6.42. The van der Waals surface area contributed by atoms with Crippen LogP contribution in [0.1, 0.15) is 30.6 Å². The summed E-state index contributed by atoms with van der Waals surface area (Å²) in [5.41, 5.74) is 1.10. The number of carbonyl (C=O) groups is 1. The minimum atomic E-state index is -0.0781. The Kier molecular flexibility index (Phi) is 4.58. The number of rotatable bonds is 4. The first-order valence-corrected chi connectivity index (χ1v) is 9.61. The van der Waals surface area contributed by atoms with Crippen molar-refractivity contribution in [1.82, 2.24) is 14.9 Å². The summed E-state index contributed by atoms with van der Waals surface area (Å²) in [5, 5.41) is 2.72. The lowest BCUT2D eigenvalue weighted by atomic mass is 9.86. The molecule has 2 saturated heterocycles. The van der Waals surface area contributed by atoms with Gasteiger partial charge >= 0.3 is 0 Å². The molecule has 0 bridgehead atoms. The monoisotopic (exact) mass is 357 g/mol. The second-order valence-corrected chi connectivity index (χ2v) is 7.98. The van der Waals surface area contributed by atoms with E-state index in [0.717, 1.165) is 43.9 Å². The molecule has 0 aliphatic carbocycles. The van der Waals surface area contributed by atoms with Gasteiger partial charge in [-0.15, -0.1) is 11.3 Å². The summed E-state index contributed by atoms with van der Waals surface area (Å²) in [6, 6.07) is 10.3. The normalized spacial score (nSPS) is 20.5. The third-order valence-electron chi connectivity index (χ3n) is 5.38. The molecule has 0 N–H and O–H groups in total. The van der Waals surface area contributed by atoms with E-state index in [4.69, 9.17) is 4.84 Å². The Labute approximate surface area is 152 Å². The van der Waals surface area contributed by atoms with Crippen molar-refractivity contribution < 1.29 is 9.63 Å².